The molecule has 2 heteroatoms. The topological polar surface area (TPSA) is 12.0 Å². The van der Waals surface area contributed by atoms with Crippen molar-refractivity contribution in [2.45, 2.75) is 68.6 Å². The number of fused-ring (bicyclic) bond motifs is 2. The standard InChI is InChI=1S/C15H27NS/c1-17-15(7-3-2-4-8-15)11-16-14-10-12-5-6-13(14)9-12/h12-14,16H,2-11H2,1H3. The molecule has 3 aliphatic rings. The van der Waals surface area contributed by atoms with Crippen LogP contribution in [0.15, 0.2) is 0 Å². The first-order valence-electron chi connectivity index (χ1n) is 7.60. The van der Waals surface area contributed by atoms with Gasteiger partial charge in [0.05, 0.1) is 0 Å². The van der Waals surface area contributed by atoms with Crippen molar-refractivity contribution in [1.82, 2.24) is 5.32 Å². The summed E-state index contributed by atoms with van der Waals surface area (Å²) in [5, 5.41) is 3.95. The van der Waals surface area contributed by atoms with Crippen molar-refractivity contribution in [1.29, 1.82) is 0 Å². The van der Waals surface area contributed by atoms with Gasteiger partial charge in [0.2, 0.25) is 0 Å². The van der Waals surface area contributed by atoms with Crippen molar-refractivity contribution in [2.24, 2.45) is 11.8 Å². The van der Waals surface area contributed by atoms with Crippen LogP contribution in [0.4, 0.5) is 0 Å². The van der Waals surface area contributed by atoms with Crippen molar-refractivity contribution in [3.8, 4) is 0 Å². The highest BCUT2D eigenvalue weighted by molar-refractivity contribution is 8.00. The molecule has 3 saturated carbocycles. The number of thioether (sulfide) groups is 1. The average molecular weight is 253 g/mol. The predicted octanol–water partition coefficient (Wildman–Crippen LogP) is 3.83. The summed E-state index contributed by atoms with van der Waals surface area (Å²) in [7, 11) is 0. The van der Waals surface area contributed by atoms with Crippen LogP contribution in [0.3, 0.4) is 0 Å². The third-order valence-electron chi connectivity index (χ3n) is 5.62. The number of hydrogen-bond acceptors (Lipinski definition) is 2. The molecule has 0 amide bonds. The Kier molecular flexibility index (Phi) is 3.72. The summed E-state index contributed by atoms with van der Waals surface area (Å²) in [6.45, 7) is 1.28. The molecule has 3 rings (SSSR count). The minimum atomic E-state index is 0.583. The molecule has 3 atom stereocenters. The van der Waals surface area contributed by atoms with Crippen LogP contribution in [0.2, 0.25) is 0 Å². The van der Waals surface area contributed by atoms with Crippen LogP contribution < -0.4 is 5.32 Å². The number of nitrogens with one attached hydrogen (secondary N) is 1. The fourth-order valence-electron chi connectivity index (χ4n) is 4.46. The second-order valence-electron chi connectivity index (χ2n) is 6.61. The van der Waals surface area contributed by atoms with E-state index >= 15 is 0 Å². The van der Waals surface area contributed by atoms with Crippen LogP contribution >= 0.6 is 11.8 Å². The number of hydrogen-bond donors (Lipinski definition) is 1. The Morgan fingerprint density at radius 1 is 1.12 bits per heavy atom. The molecule has 1 N–H and O–H groups in total. The SMILES string of the molecule is CSC1(CNC2CC3CCC2C3)CCCCC1. The molecule has 1 nitrogen and oxygen atoms in total. The molecule has 3 fully saturated rings. The fraction of sp³-hybridized carbons (Fsp3) is 1.00. The normalized spacial score (nSPS) is 39.7. The van der Waals surface area contributed by atoms with Gasteiger partial charge in [0, 0.05) is 17.3 Å². The Morgan fingerprint density at radius 2 is 1.94 bits per heavy atom. The van der Waals surface area contributed by atoms with E-state index in [0.717, 1.165) is 17.9 Å². The summed E-state index contributed by atoms with van der Waals surface area (Å²) in [5.41, 5.74) is 0. The lowest BCUT2D eigenvalue weighted by Gasteiger charge is -2.38. The first-order valence-corrected chi connectivity index (χ1v) is 8.82. The summed E-state index contributed by atoms with van der Waals surface area (Å²) in [6.07, 6.45) is 15.6. The van der Waals surface area contributed by atoms with Gasteiger partial charge in [0.25, 0.3) is 0 Å². The summed E-state index contributed by atoms with van der Waals surface area (Å²) >= 11 is 2.13. The highest BCUT2D eigenvalue weighted by Gasteiger charge is 2.40. The van der Waals surface area contributed by atoms with Gasteiger partial charge in [-0.2, -0.15) is 11.8 Å². The van der Waals surface area contributed by atoms with Gasteiger partial charge in [-0.3, -0.25) is 0 Å². The van der Waals surface area contributed by atoms with Crippen molar-refractivity contribution in [3.05, 3.63) is 0 Å². The van der Waals surface area contributed by atoms with Crippen molar-refractivity contribution in [3.63, 3.8) is 0 Å². The second-order valence-corrected chi connectivity index (χ2v) is 7.88. The van der Waals surface area contributed by atoms with Crippen LogP contribution in [0.25, 0.3) is 0 Å². The second kappa shape index (κ2) is 5.13. The van der Waals surface area contributed by atoms with Crippen LogP contribution in [-0.4, -0.2) is 23.6 Å². The number of rotatable bonds is 4. The van der Waals surface area contributed by atoms with E-state index in [4.69, 9.17) is 0 Å². The molecule has 0 saturated heterocycles. The van der Waals surface area contributed by atoms with Crippen LogP contribution in [0.1, 0.15) is 57.8 Å². The third-order valence-corrected chi connectivity index (χ3v) is 7.04. The molecular weight excluding hydrogens is 226 g/mol. The van der Waals surface area contributed by atoms with Crippen molar-refractivity contribution >= 4 is 11.8 Å². The molecule has 0 heterocycles. The Labute approximate surface area is 111 Å². The minimum absolute atomic E-state index is 0.583. The molecule has 98 valence electrons. The minimum Gasteiger partial charge on any atom is -0.312 e. The molecular formula is C15H27NS. The third kappa shape index (κ3) is 2.53. The van der Waals surface area contributed by atoms with E-state index in [1.165, 1.54) is 64.3 Å². The molecule has 3 unspecified atom stereocenters. The summed E-state index contributed by atoms with van der Waals surface area (Å²) in [6, 6.07) is 0.875. The van der Waals surface area contributed by atoms with Gasteiger partial charge in [-0.25, -0.2) is 0 Å². The Morgan fingerprint density at radius 3 is 2.53 bits per heavy atom. The lowest BCUT2D eigenvalue weighted by atomic mass is 9.87. The maximum Gasteiger partial charge on any atom is 0.0281 e. The van der Waals surface area contributed by atoms with E-state index in [1.807, 2.05) is 0 Å². The van der Waals surface area contributed by atoms with Crippen LogP contribution in [0, 0.1) is 11.8 Å². The molecule has 0 aromatic heterocycles. The van der Waals surface area contributed by atoms with Crippen LogP contribution in [-0.2, 0) is 0 Å². The predicted molar refractivity (Wildman–Crippen MR) is 76.6 cm³/mol. The molecule has 3 aliphatic carbocycles. The van der Waals surface area contributed by atoms with Gasteiger partial charge in [-0.15, -0.1) is 0 Å². The molecule has 0 spiro atoms. The zero-order chi connectivity index (χ0) is 11.7. The molecule has 2 bridgehead atoms. The first-order chi connectivity index (χ1) is 8.31. The van der Waals surface area contributed by atoms with Crippen LogP contribution in [0.5, 0.6) is 0 Å². The maximum atomic E-state index is 3.95. The zero-order valence-corrected chi connectivity index (χ0v) is 12.0. The molecule has 0 aliphatic heterocycles. The van der Waals surface area contributed by atoms with Gasteiger partial charge < -0.3 is 5.32 Å². The lowest BCUT2D eigenvalue weighted by Crippen LogP contribution is -2.45. The van der Waals surface area contributed by atoms with Crippen molar-refractivity contribution < 1.29 is 0 Å². The highest BCUT2D eigenvalue weighted by atomic mass is 32.2. The maximum absolute atomic E-state index is 3.95. The van der Waals surface area contributed by atoms with E-state index in [1.54, 1.807) is 0 Å². The van der Waals surface area contributed by atoms with E-state index in [0.29, 0.717) is 4.75 Å². The molecule has 0 radical (unpaired) electrons. The van der Waals surface area contributed by atoms with E-state index < -0.39 is 0 Å². The molecule has 0 aromatic carbocycles. The van der Waals surface area contributed by atoms with Gasteiger partial charge in [-0.05, 0) is 50.2 Å². The van der Waals surface area contributed by atoms with Gasteiger partial charge in [0.1, 0.15) is 0 Å². The van der Waals surface area contributed by atoms with Gasteiger partial charge in [-0.1, -0.05) is 25.7 Å². The molecule has 0 aromatic rings. The Balaban J connectivity index is 1.52. The van der Waals surface area contributed by atoms with Gasteiger partial charge in [0.15, 0.2) is 0 Å². The lowest BCUT2D eigenvalue weighted by molar-refractivity contribution is 0.310. The molecule has 17 heavy (non-hydrogen) atoms. The summed E-state index contributed by atoms with van der Waals surface area (Å²) in [4.78, 5) is 0. The van der Waals surface area contributed by atoms with E-state index in [2.05, 4.69) is 23.3 Å². The Hall–Kier alpha value is 0.310. The average Bonchev–Trinajstić information content (AvgIpc) is 3.00. The highest BCUT2D eigenvalue weighted by Crippen LogP contribution is 2.45. The zero-order valence-electron chi connectivity index (χ0n) is 11.2. The largest absolute Gasteiger partial charge is 0.312 e. The van der Waals surface area contributed by atoms with E-state index in [-0.39, 0.29) is 0 Å². The monoisotopic (exact) mass is 253 g/mol. The summed E-state index contributed by atoms with van der Waals surface area (Å²) < 4.78 is 0.583. The van der Waals surface area contributed by atoms with E-state index in [9.17, 15) is 0 Å². The van der Waals surface area contributed by atoms with Gasteiger partial charge >= 0.3 is 0 Å². The smallest absolute Gasteiger partial charge is 0.0281 e. The Bertz CT molecular complexity index is 260. The first kappa shape index (κ1) is 12.3. The summed E-state index contributed by atoms with van der Waals surface area (Å²) in [5.74, 6) is 2.11. The van der Waals surface area contributed by atoms with Crippen molar-refractivity contribution in [2.75, 3.05) is 12.8 Å². The quantitative estimate of drug-likeness (QED) is 0.817. The fourth-order valence-corrected chi connectivity index (χ4v) is 5.39.